The van der Waals surface area contributed by atoms with Gasteiger partial charge in [-0.1, -0.05) is 0 Å². The maximum atomic E-state index is 10.2. The lowest BCUT2D eigenvalue weighted by Gasteiger charge is -2.56. The van der Waals surface area contributed by atoms with Crippen molar-refractivity contribution in [1.29, 1.82) is 0 Å². The van der Waals surface area contributed by atoms with Gasteiger partial charge in [-0.25, -0.2) is 0 Å². The van der Waals surface area contributed by atoms with Crippen LogP contribution in [-0.4, -0.2) is 61.2 Å². The van der Waals surface area contributed by atoms with Crippen molar-refractivity contribution in [2.45, 2.75) is 57.3 Å². The SMILES string of the molecule is CCOC1CC(O)C12CCN(CC1CCCO1)CC2. The highest BCUT2D eigenvalue weighted by molar-refractivity contribution is 5.06. The molecule has 2 saturated heterocycles. The first-order valence-corrected chi connectivity index (χ1v) is 7.88. The number of piperidine rings is 1. The molecule has 1 saturated carbocycles. The van der Waals surface area contributed by atoms with E-state index in [9.17, 15) is 5.11 Å². The van der Waals surface area contributed by atoms with Crippen molar-refractivity contribution in [1.82, 2.24) is 4.90 Å². The summed E-state index contributed by atoms with van der Waals surface area (Å²) in [7, 11) is 0. The van der Waals surface area contributed by atoms with Crippen molar-refractivity contribution < 1.29 is 14.6 Å². The largest absolute Gasteiger partial charge is 0.392 e. The molecule has 0 aromatic heterocycles. The van der Waals surface area contributed by atoms with Crippen molar-refractivity contribution in [2.75, 3.05) is 32.8 Å². The zero-order valence-electron chi connectivity index (χ0n) is 12.0. The van der Waals surface area contributed by atoms with E-state index in [1.807, 2.05) is 6.92 Å². The summed E-state index contributed by atoms with van der Waals surface area (Å²) in [6, 6.07) is 0. The van der Waals surface area contributed by atoms with Crippen LogP contribution >= 0.6 is 0 Å². The van der Waals surface area contributed by atoms with Crippen molar-refractivity contribution in [3.8, 4) is 0 Å². The van der Waals surface area contributed by atoms with Crippen LogP contribution in [0.3, 0.4) is 0 Å². The molecule has 2 heterocycles. The van der Waals surface area contributed by atoms with E-state index in [-0.39, 0.29) is 17.6 Å². The number of aliphatic hydroxyl groups is 1. The van der Waals surface area contributed by atoms with Crippen LogP contribution in [0.15, 0.2) is 0 Å². The van der Waals surface area contributed by atoms with Crippen LogP contribution in [0.5, 0.6) is 0 Å². The molecule has 3 fully saturated rings. The summed E-state index contributed by atoms with van der Waals surface area (Å²) >= 11 is 0. The fourth-order valence-electron chi connectivity index (χ4n) is 4.04. The average Bonchev–Trinajstić information content (AvgIpc) is 2.92. The molecule has 0 bridgehead atoms. The van der Waals surface area contributed by atoms with Crippen molar-refractivity contribution >= 4 is 0 Å². The van der Waals surface area contributed by atoms with Crippen LogP contribution < -0.4 is 0 Å². The van der Waals surface area contributed by atoms with E-state index in [4.69, 9.17) is 9.47 Å². The number of nitrogens with zero attached hydrogens (tertiary/aromatic N) is 1. The zero-order valence-corrected chi connectivity index (χ0v) is 12.0. The highest BCUT2D eigenvalue weighted by Crippen LogP contribution is 2.50. The van der Waals surface area contributed by atoms with Crippen LogP contribution in [0.2, 0.25) is 0 Å². The lowest BCUT2D eigenvalue weighted by molar-refractivity contribution is -0.210. The molecule has 1 spiro atoms. The molecule has 3 unspecified atom stereocenters. The number of ether oxygens (including phenoxy) is 2. The zero-order chi connectivity index (χ0) is 13.3. The van der Waals surface area contributed by atoms with Crippen molar-refractivity contribution in [3.05, 3.63) is 0 Å². The highest BCUT2D eigenvalue weighted by Gasteiger charge is 2.55. The number of likely N-dealkylation sites (tertiary alicyclic amines) is 1. The Hall–Kier alpha value is -0.160. The van der Waals surface area contributed by atoms with Gasteiger partial charge in [-0.05, 0) is 45.7 Å². The van der Waals surface area contributed by atoms with Gasteiger partial charge in [0, 0.05) is 31.6 Å². The second-order valence-electron chi connectivity index (χ2n) is 6.36. The molecule has 3 aliphatic rings. The predicted octanol–water partition coefficient (Wildman–Crippen LogP) is 1.42. The molecule has 0 amide bonds. The van der Waals surface area contributed by atoms with Crippen molar-refractivity contribution in [3.63, 3.8) is 0 Å². The third kappa shape index (κ3) is 2.56. The summed E-state index contributed by atoms with van der Waals surface area (Å²) in [5, 5.41) is 10.2. The summed E-state index contributed by atoms with van der Waals surface area (Å²) in [5.41, 5.74) is 0.0586. The normalized spacial score (nSPS) is 38.5. The molecular formula is C15H27NO3. The van der Waals surface area contributed by atoms with Gasteiger partial charge in [0.05, 0.1) is 18.3 Å². The van der Waals surface area contributed by atoms with E-state index in [1.54, 1.807) is 0 Å². The summed E-state index contributed by atoms with van der Waals surface area (Å²) in [6.07, 6.45) is 6.00. The van der Waals surface area contributed by atoms with E-state index < -0.39 is 0 Å². The van der Waals surface area contributed by atoms with Crippen molar-refractivity contribution in [2.24, 2.45) is 5.41 Å². The Morgan fingerprint density at radius 1 is 1.37 bits per heavy atom. The predicted molar refractivity (Wildman–Crippen MR) is 73.1 cm³/mol. The van der Waals surface area contributed by atoms with Gasteiger partial charge in [-0.3, -0.25) is 0 Å². The molecule has 0 aromatic carbocycles. The van der Waals surface area contributed by atoms with Gasteiger partial charge in [0.1, 0.15) is 0 Å². The third-order valence-corrected chi connectivity index (χ3v) is 5.38. The fraction of sp³-hybridized carbons (Fsp3) is 1.00. The van der Waals surface area contributed by atoms with Crippen LogP contribution in [-0.2, 0) is 9.47 Å². The number of hydrogen-bond acceptors (Lipinski definition) is 4. The Balaban J connectivity index is 1.50. The minimum atomic E-state index is -0.145. The second kappa shape index (κ2) is 5.68. The van der Waals surface area contributed by atoms with Gasteiger partial charge in [0.2, 0.25) is 0 Å². The summed E-state index contributed by atoms with van der Waals surface area (Å²) in [4.78, 5) is 2.51. The molecule has 19 heavy (non-hydrogen) atoms. The molecule has 110 valence electrons. The fourth-order valence-corrected chi connectivity index (χ4v) is 4.04. The standard InChI is InChI=1S/C15H27NO3/c1-2-18-14-10-13(17)15(14)5-7-16(8-6-15)11-12-4-3-9-19-12/h12-14,17H,2-11H2,1H3. The summed E-state index contributed by atoms with van der Waals surface area (Å²) < 4.78 is 11.5. The molecule has 1 aliphatic carbocycles. The molecule has 1 N–H and O–H groups in total. The first kappa shape index (κ1) is 13.8. The lowest BCUT2D eigenvalue weighted by Crippen LogP contribution is -2.62. The Morgan fingerprint density at radius 3 is 2.74 bits per heavy atom. The molecular weight excluding hydrogens is 242 g/mol. The van der Waals surface area contributed by atoms with E-state index in [0.29, 0.717) is 6.10 Å². The number of hydrogen-bond donors (Lipinski definition) is 1. The second-order valence-corrected chi connectivity index (χ2v) is 6.36. The first-order valence-electron chi connectivity index (χ1n) is 7.88. The molecule has 0 aromatic rings. The molecule has 2 aliphatic heterocycles. The van der Waals surface area contributed by atoms with Crippen LogP contribution in [0.1, 0.15) is 39.0 Å². The van der Waals surface area contributed by atoms with E-state index in [1.165, 1.54) is 12.8 Å². The molecule has 3 rings (SSSR count). The summed E-state index contributed by atoms with van der Waals surface area (Å²) in [6.45, 7) is 6.99. The summed E-state index contributed by atoms with van der Waals surface area (Å²) in [5.74, 6) is 0. The van der Waals surface area contributed by atoms with Crippen LogP contribution in [0.4, 0.5) is 0 Å². The smallest absolute Gasteiger partial charge is 0.0702 e. The molecule has 4 heteroatoms. The Kier molecular flexibility index (Phi) is 4.13. The highest BCUT2D eigenvalue weighted by atomic mass is 16.5. The first-order chi connectivity index (χ1) is 9.24. The quantitative estimate of drug-likeness (QED) is 0.838. The van der Waals surface area contributed by atoms with Gasteiger partial charge < -0.3 is 19.5 Å². The van der Waals surface area contributed by atoms with Gasteiger partial charge in [-0.2, -0.15) is 0 Å². The van der Waals surface area contributed by atoms with Gasteiger partial charge >= 0.3 is 0 Å². The Labute approximate surface area is 116 Å². The molecule has 3 atom stereocenters. The van der Waals surface area contributed by atoms with E-state index >= 15 is 0 Å². The maximum Gasteiger partial charge on any atom is 0.0702 e. The Bertz CT molecular complexity index is 294. The van der Waals surface area contributed by atoms with Gasteiger partial charge in [0.15, 0.2) is 0 Å². The van der Waals surface area contributed by atoms with Crippen LogP contribution in [0, 0.1) is 5.41 Å². The maximum absolute atomic E-state index is 10.2. The average molecular weight is 269 g/mol. The van der Waals surface area contributed by atoms with Gasteiger partial charge in [0.25, 0.3) is 0 Å². The minimum absolute atomic E-state index is 0.0586. The molecule has 4 nitrogen and oxygen atoms in total. The number of rotatable bonds is 4. The number of aliphatic hydroxyl groups excluding tert-OH is 1. The lowest BCUT2D eigenvalue weighted by atomic mass is 9.58. The van der Waals surface area contributed by atoms with E-state index in [0.717, 1.165) is 52.1 Å². The van der Waals surface area contributed by atoms with E-state index in [2.05, 4.69) is 4.90 Å². The topological polar surface area (TPSA) is 41.9 Å². The van der Waals surface area contributed by atoms with Gasteiger partial charge in [-0.15, -0.1) is 0 Å². The monoisotopic (exact) mass is 269 g/mol. The molecule has 0 radical (unpaired) electrons. The van der Waals surface area contributed by atoms with Crippen LogP contribution in [0.25, 0.3) is 0 Å². The third-order valence-electron chi connectivity index (χ3n) is 5.38. The minimum Gasteiger partial charge on any atom is -0.392 e. The Morgan fingerprint density at radius 2 is 2.16 bits per heavy atom.